The number of pyridine rings is 1. The Hall–Kier alpha value is -2.82. The minimum atomic E-state index is -4.90. The highest BCUT2D eigenvalue weighted by atomic mass is 32.2. The molecule has 7 nitrogen and oxygen atoms in total. The standard InChI is InChI=1S/C15H13F3N2O5S/c1-24-12-8-7-11(13(19-12)15(16,17)18)20-26(22,23)10-5-3-9(4-6-10)14(21)25-2/h3-8,20H,1-2H3. The van der Waals surface area contributed by atoms with Gasteiger partial charge in [-0.15, -0.1) is 0 Å². The maximum Gasteiger partial charge on any atom is 0.435 e. The molecule has 0 saturated carbocycles. The molecule has 0 bridgehead atoms. The summed E-state index contributed by atoms with van der Waals surface area (Å²) in [4.78, 5) is 14.3. The lowest BCUT2D eigenvalue weighted by Gasteiger charge is -2.15. The first-order valence-electron chi connectivity index (χ1n) is 6.92. The van der Waals surface area contributed by atoms with Crippen LogP contribution in [0.2, 0.25) is 0 Å². The molecule has 2 aromatic rings. The maximum atomic E-state index is 13.1. The largest absolute Gasteiger partial charge is 0.481 e. The minimum absolute atomic E-state index is 0.0912. The van der Waals surface area contributed by atoms with E-state index in [-0.39, 0.29) is 16.3 Å². The van der Waals surface area contributed by atoms with Crippen molar-refractivity contribution in [3.63, 3.8) is 0 Å². The summed E-state index contributed by atoms with van der Waals surface area (Å²) in [6.07, 6.45) is -4.90. The Kier molecular flexibility index (Phi) is 5.40. The third-order valence-corrected chi connectivity index (χ3v) is 4.56. The summed E-state index contributed by atoms with van der Waals surface area (Å²) in [7, 11) is -2.06. The van der Waals surface area contributed by atoms with E-state index in [2.05, 4.69) is 14.5 Å². The number of carbonyl (C=O) groups excluding carboxylic acids is 1. The molecule has 0 aliphatic heterocycles. The molecule has 0 unspecified atom stereocenters. The van der Waals surface area contributed by atoms with Crippen LogP contribution in [-0.4, -0.2) is 33.6 Å². The maximum absolute atomic E-state index is 13.1. The van der Waals surface area contributed by atoms with E-state index in [0.29, 0.717) is 0 Å². The van der Waals surface area contributed by atoms with E-state index in [1.807, 2.05) is 4.72 Å². The number of halogens is 3. The van der Waals surface area contributed by atoms with E-state index in [9.17, 15) is 26.4 Å². The van der Waals surface area contributed by atoms with Crippen molar-refractivity contribution >= 4 is 21.7 Å². The SMILES string of the molecule is COC(=O)c1ccc(S(=O)(=O)Nc2ccc(OC)nc2C(F)(F)F)cc1. The summed E-state index contributed by atoms with van der Waals surface area (Å²) in [5.41, 5.74) is -2.10. The van der Waals surface area contributed by atoms with E-state index >= 15 is 0 Å². The van der Waals surface area contributed by atoms with Crippen LogP contribution in [0, 0.1) is 0 Å². The van der Waals surface area contributed by atoms with Gasteiger partial charge in [-0.3, -0.25) is 4.72 Å². The number of hydrogen-bond donors (Lipinski definition) is 1. The van der Waals surface area contributed by atoms with E-state index in [4.69, 9.17) is 0 Å². The molecule has 0 aliphatic rings. The minimum Gasteiger partial charge on any atom is -0.481 e. The molecular weight excluding hydrogens is 377 g/mol. The van der Waals surface area contributed by atoms with Crippen LogP contribution in [0.3, 0.4) is 0 Å². The number of benzene rings is 1. The van der Waals surface area contributed by atoms with Gasteiger partial charge in [0.05, 0.1) is 30.4 Å². The Morgan fingerprint density at radius 2 is 1.69 bits per heavy atom. The predicted molar refractivity (Wildman–Crippen MR) is 84.4 cm³/mol. The fourth-order valence-corrected chi connectivity index (χ4v) is 3.01. The molecule has 11 heteroatoms. The fourth-order valence-electron chi connectivity index (χ4n) is 1.95. The van der Waals surface area contributed by atoms with Gasteiger partial charge in [0.2, 0.25) is 5.88 Å². The average Bonchev–Trinajstić information content (AvgIpc) is 2.60. The summed E-state index contributed by atoms with van der Waals surface area (Å²) in [5, 5.41) is 0. The number of carbonyl (C=O) groups is 1. The van der Waals surface area contributed by atoms with Crippen molar-refractivity contribution in [2.45, 2.75) is 11.1 Å². The molecule has 0 amide bonds. The van der Waals surface area contributed by atoms with Crippen molar-refractivity contribution in [1.82, 2.24) is 4.98 Å². The lowest BCUT2D eigenvalue weighted by molar-refractivity contribution is -0.140. The number of alkyl halides is 3. The molecule has 0 fully saturated rings. The van der Waals surface area contributed by atoms with Crippen LogP contribution in [0.1, 0.15) is 16.1 Å². The van der Waals surface area contributed by atoms with Gasteiger partial charge in [-0.1, -0.05) is 0 Å². The molecule has 0 radical (unpaired) electrons. The highest BCUT2D eigenvalue weighted by Crippen LogP contribution is 2.35. The zero-order valence-corrected chi connectivity index (χ0v) is 14.3. The van der Waals surface area contributed by atoms with E-state index in [1.165, 1.54) is 12.1 Å². The lowest BCUT2D eigenvalue weighted by atomic mass is 10.2. The normalized spacial score (nSPS) is 11.7. The van der Waals surface area contributed by atoms with Crippen molar-refractivity contribution in [1.29, 1.82) is 0 Å². The fraction of sp³-hybridized carbons (Fsp3) is 0.200. The van der Waals surface area contributed by atoms with Gasteiger partial charge in [-0.2, -0.15) is 13.2 Å². The molecule has 0 aliphatic carbocycles. The van der Waals surface area contributed by atoms with Gasteiger partial charge in [0.1, 0.15) is 0 Å². The Morgan fingerprint density at radius 3 is 2.19 bits per heavy atom. The first kappa shape index (κ1) is 19.5. The quantitative estimate of drug-likeness (QED) is 0.789. The van der Waals surface area contributed by atoms with Gasteiger partial charge in [0.15, 0.2) is 5.69 Å². The van der Waals surface area contributed by atoms with Crippen LogP contribution in [0.15, 0.2) is 41.3 Å². The summed E-state index contributed by atoms with van der Waals surface area (Å²) in [6.45, 7) is 0. The number of nitrogens with zero attached hydrogens (tertiary/aromatic N) is 1. The zero-order valence-electron chi connectivity index (χ0n) is 13.5. The molecule has 140 valence electrons. The average molecular weight is 390 g/mol. The molecule has 1 N–H and O–H groups in total. The summed E-state index contributed by atoms with van der Waals surface area (Å²) >= 11 is 0. The molecule has 0 atom stereocenters. The van der Waals surface area contributed by atoms with Crippen LogP contribution in [0.4, 0.5) is 18.9 Å². The van der Waals surface area contributed by atoms with E-state index in [1.54, 1.807) is 0 Å². The topological polar surface area (TPSA) is 94.6 Å². The van der Waals surface area contributed by atoms with Gasteiger partial charge < -0.3 is 9.47 Å². The van der Waals surface area contributed by atoms with E-state index in [0.717, 1.165) is 38.5 Å². The number of nitrogens with one attached hydrogen (secondary N) is 1. The summed E-state index contributed by atoms with van der Waals surface area (Å²) in [6, 6.07) is 6.48. The van der Waals surface area contributed by atoms with Crippen LogP contribution < -0.4 is 9.46 Å². The third kappa shape index (κ3) is 4.23. The third-order valence-electron chi connectivity index (χ3n) is 3.18. The number of sulfonamides is 1. The molecule has 2 rings (SSSR count). The highest BCUT2D eigenvalue weighted by molar-refractivity contribution is 7.92. The monoisotopic (exact) mass is 390 g/mol. The number of rotatable bonds is 5. The summed E-state index contributed by atoms with van der Waals surface area (Å²) in [5.74, 6) is -0.997. The van der Waals surface area contributed by atoms with Crippen molar-refractivity contribution in [3.8, 4) is 5.88 Å². The van der Waals surface area contributed by atoms with Gasteiger partial charge >= 0.3 is 12.1 Å². The number of methoxy groups -OCH3 is 2. The van der Waals surface area contributed by atoms with Crippen LogP contribution in [-0.2, 0) is 20.9 Å². The second-order valence-electron chi connectivity index (χ2n) is 4.87. The van der Waals surface area contributed by atoms with E-state index < -0.39 is 33.6 Å². The second-order valence-corrected chi connectivity index (χ2v) is 6.55. The predicted octanol–water partition coefficient (Wildman–Crippen LogP) is 2.70. The van der Waals surface area contributed by atoms with Crippen molar-refractivity contribution in [2.24, 2.45) is 0 Å². The zero-order chi connectivity index (χ0) is 19.5. The van der Waals surface area contributed by atoms with Crippen LogP contribution in [0.25, 0.3) is 0 Å². The van der Waals surface area contributed by atoms with Crippen LogP contribution >= 0.6 is 0 Å². The van der Waals surface area contributed by atoms with Gasteiger partial charge in [-0.05, 0) is 30.3 Å². The first-order chi connectivity index (χ1) is 12.1. The molecule has 1 aromatic heterocycles. The van der Waals surface area contributed by atoms with Gasteiger partial charge in [0, 0.05) is 6.07 Å². The molecule has 0 saturated heterocycles. The Morgan fingerprint density at radius 1 is 1.08 bits per heavy atom. The molecule has 1 heterocycles. The Labute approximate surface area is 146 Å². The Balaban J connectivity index is 2.39. The molecule has 1 aromatic carbocycles. The Bertz CT molecular complexity index is 912. The molecule has 26 heavy (non-hydrogen) atoms. The first-order valence-corrected chi connectivity index (χ1v) is 8.40. The van der Waals surface area contributed by atoms with Crippen LogP contribution in [0.5, 0.6) is 5.88 Å². The van der Waals surface area contributed by atoms with Crippen molar-refractivity contribution in [3.05, 3.63) is 47.7 Å². The number of ether oxygens (including phenoxy) is 2. The highest BCUT2D eigenvalue weighted by Gasteiger charge is 2.37. The van der Waals surface area contributed by atoms with Gasteiger partial charge in [-0.25, -0.2) is 18.2 Å². The number of esters is 1. The van der Waals surface area contributed by atoms with Gasteiger partial charge in [0.25, 0.3) is 10.0 Å². The van der Waals surface area contributed by atoms with Crippen molar-refractivity contribution < 1.29 is 35.9 Å². The number of hydrogen-bond acceptors (Lipinski definition) is 6. The lowest BCUT2D eigenvalue weighted by Crippen LogP contribution is -2.19. The summed E-state index contributed by atoms with van der Waals surface area (Å²) < 4.78 is 75.0. The van der Waals surface area contributed by atoms with Crippen molar-refractivity contribution in [2.75, 3.05) is 18.9 Å². The number of anilines is 1. The number of aromatic nitrogens is 1. The molecular formula is C15H13F3N2O5S. The molecule has 0 spiro atoms. The second kappa shape index (κ2) is 7.20. The smallest absolute Gasteiger partial charge is 0.435 e.